The zero-order valence-electron chi connectivity index (χ0n) is 16.8. The molecule has 3 aromatic carbocycles. The summed E-state index contributed by atoms with van der Waals surface area (Å²) in [5.41, 5.74) is 2.28. The fraction of sp³-hybridized carbons (Fsp3) is 0.217. The molecule has 0 N–H and O–H groups in total. The fourth-order valence-corrected chi connectivity index (χ4v) is 4.85. The van der Waals surface area contributed by atoms with Crippen molar-refractivity contribution >= 4 is 34.5 Å². The van der Waals surface area contributed by atoms with Gasteiger partial charge in [0.15, 0.2) is 0 Å². The molecular weight excluding hydrogens is 477 g/mol. The minimum absolute atomic E-state index is 0.101. The van der Waals surface area contributed by atoms with Crippen LogP contribution in [0.3, 0.4) is 0 Å². The molecule has 3 aromatic rings. The molecule has 32 heavy (non-hydrogen) atoms. The van der Waals surface area contributed by atoms with Gasteiger partial charge in [-0.3, -0.25) is 9.11 Å². The third-order valence-electron chi connectivity index (χ3n) is 5.49. The average Bonchev–Trinajstić information content (AvgIpc) is 2.70. The molecule has 1 fully saturated rings. The lowest BCUT2D eigenvalue weighted by Gasteiger charge is -2.49. The molecule has 1 aliphatic heterocycles. The molecule has 1 heterocycles. The highest BCUT2D eigenvalue weighted by atomic mass is 35.5. The summed E-state index contributed by atoms with van der Waals surface area (Å²) in [6.07, 6.45) is 0. The largest absolute Gasteiger partial charge is 0.760 e. The Morgan fingerprint density at radius 1 is 0.938 bits per heavy atom. The average molecular weight is 496 g/mol. The Kier molecular flexibility index (Phi) is 7.24. The standard InChI is InChI=1S/C23H20Cl2F2N2O2S/c24-18-5-1-16(2-6-18)23(17-3-7-19(25)8-4-17)28-13-22(14-28)29(32(30)31)12-15-9-20(26)11-21(27)10-15/h1-11,22-23H,12-14H2,(H,30,31)/p-1. The molecule has 168 valence electrons. The summed E-state index contributed by atoms with van der Waals surface area (Å²) < 4.78 is 52.1. The lowest BCUT2D eigenvalue weighted by Crippen LogP contribution is -2.60. The van der Waals surface area contributed by atoms with Gasteiger partial charge in [-0.15, -0.1) is 0 Å². The van der Waals surface area contributed by atoms with Crippen molar-refractivity contribution in [1.82, 2.24) is 9.21 Å². The van der Waals surface area contributed by atoms with Gasteiger partial charge in [-0.25, -0.2) is 13.1 Å². The van der Waals surface area contributed by atoms with Gasteiger partial charge in [-0.1, -0.05) is 47.5 Å². The predicted molar refractivity (Wildman–Crippen MR) is 121 cm³/mol. The normalized spacial score (nSPS) is 15.8. The quantitative estimate of drug-likeness (QED) is 0.415. The summed E-state index contributed by atoms with van der Waals surface area (Å²) in [6.45, 7) is 0.819. The number of halogens is 4. The first-order valence-electron chi connectivity index (χ1n) is 9.86. The van der Waals surface area contributed by atoms with Gasteiger partial charge in [0.25, 0.3) is 0 Å². The maximum Gasteiger partial charge on any atom is 0.126 e. The number of likely N-dealkylation sites (tertiary alicyclic amines) is 1. The van der Waals surface area contributed by atoms with Gasteiger partial charge in [-0.2, -0.15) is 0 Å². The molecule has 9 heteroatoms. The van der Waals surface area contributed by atoms with E-state index in [9.17, 15) is 17.5 Å². The van der Waals surface area contributed by atoms with Gasteiger partial charge in [-0.05, 0) is 53.1 Å². The summed E-state index contributed by atoms with van der Waals surface area (Å²) in [4.78, 5) is 2.14. The van der Waals surface area contributed by atoms with Gasteiger partial charge in [0.2, 0.25) is 0 Å². The van der Waals surface area contributed by atoms with Crippen LogP contribution in [0.4, 0.5) is 8.78 Å². The fourth-order valence-electron chi connectivity index (χ4n) is 3.97. The van der Waals surface area contributed by atoms with E-state index in [4.69, 9.17) is 23.2 Å². The van der Waals surface area contributed by atoms with E-state index in [2.05, 4.69) is 4.90 Å². The van der Waals surface area contributed by atoms with Crippen LogP contribution in [-0.2, 0) is 17.8 Å². The summed E-state index contributed by atoms with van der Waals surface area (Å²) in [6, 6.07) is 17.6. The van der Waals surface area contributed by atoms with Crippen LogP contribution >= 0.6 is 23.2 Å². The maximum absolute atomic E-state index is 13.5. The van der Waals surface area contributed by atoms with Crippen molar-refractivity contribution in [2.45, 2.75) is 18.6 Å². The Labute approximate surface area is 197 Å². The molecule has 1 saturated heterocycles. The number of benzene rings is 3. The molecule has 1 unspecified atom stereocenters. The summed E-state index contributed by atoms with van der Waals surface area (Å²) in [5, 5.41) is 1.25. The van der Waals surface area contributed by atoms with Gasteiger partial charge in [0.1, 0.15) is 11.6 Å². The SMILES string of the molecule is O=S([O-])N(Cc1cc(F)cc(F)c1)C1CN(C(c2ccc(Cl)cc2)c2ccc(Cl)cc2)C1. The van der Waals surface area contributed by atoms with E-state index in [-0.39, 0.29) is 24.2 Å². The third-order valence-corrected chi connectivity index (χ3v) is 6.80. The molecule has 4 nitrogen and oxygen atoms in total. The van der Waals surface area contributed by atoms with Gasteiger partial charge in [0, 0.05) is 53.1 Å². The highest BCUT2D eigenvalue weighted by molar-refractivity contribution is 7.76. The molecular formula is C23H19Cl2F2N2O2S-. The van der Waals surface area contributed by atoms with E-state index >= 15 is 0 Å². The first-order valence-corrected chi connectivity index (χ1v) is 11.6. The number of hydrogen-bond acceptors (Lipinski definition) is 3. The Morgan fingerprint density at radius 2 is 1.41 bits per heavy atom. The van der Waals surface area contributed by atoms with Crippen LogP contribution in [0.2, 0.25) is 10.0 Å². The summed E-state index contributed by atoms with van der Waals surface area (Å²) >= 11 is 9.56. The van der Waals surface area contributed by atoms with Crippen molar-refractivity contribution in [2.24, 2.45) is 0 Å². The Hall–Kier alpha value is -1.87. The van der Waals surface area contributed by atoms with Crippen LogP contribution in [0, 0.1) is 11.6 Å². The highest BCUT2D eigenvalue weighted by Gasteiger charge is 2.38. The highest BCUT2D eigenvalue weighted by Crippen LogP contribution is 2.35. The second-order valence-corrected chi connectivity index (χ2v) is 9.46. The first kappa shape index (κ1) is 23.3. The third kappa shape index (κ3) is 5.36. The number of nitrogens with zero attached hydrogens (tertiary/aromatic N) is 2. The minimum atomic E-state index is -2.54. The molecule has 0 amide bonds. The molecule has 1 aliphatic rings. The lowest BCUT2D eigenvalue weighted by molar-refractivity contribution is 0.0494. The predicted octanol–water partition coefficient (Wildman–Crippen LogP) is 5.34. The van der Waals surface area contributed by atoms with Crippen molar-refractivity contribution < 1.29 is 17.5 Å². The Bertz CT molecular complexity index is 1040. The zero-order valence-corrected chi connectivity index (χ0v) is 19.1. The van der Waals surface area contributed by atoms with Crippen LogP contribution < -0.4 is 0 Å². The van der Waals surface area contributed by atoms with E-state index in [1.807, 2.05) is 48.5 Å². The Balaban J connectivity index is 1.54. The lowest BCUT2D eigenvalue weighted by atomic mass is 9.93. The molecule has 0 aromatic heterocycles. The van der Waals surface area contributed by atoms with Crippen molar-refractivity contribution in [3.8, 4) is 0 Å². The molecule has 4 rings (SSSR count). The van der Waals surface area contributed by atoms with Crippen LogP contribution in [0.15, 0.2) is 66.7 Å². The molecule has 0 aliphatic carbocycles. The molecule has 0 spiro atoms. The second-order valence-electron chi connectivity index (χ2n) is 7.68. The van der Waals surface area contributed by atoms with Crippen LogP contribution in [-0.4, -0.2) is 37.1 Å². The van der Waals surface area contributed by atoms with E-state index in [1.54, 1.807) is 0 Å². The monoisotopic (exact) mass is 495 g/mol. The maximum atomic E-state index is 13.5. The van der Waals surface area contributed by atoms with E-state index in [1.165, 1.54) is 4.31 Å². The molecule has 0 radical (unpaired) electrons. The van der Waals surface area contributed by atoms with Crippen molar-refractivity contribution in [1.29, 1.82) is 0 Å². The number of rotatable bonds is 7. The van der Waals surface area contributed by atoms with E-state index in [0.29, 0.717) is 23.1 Å². The Morgan fingerprint density at radius 3 is 1.84 bits per heavy atom. The smallest absolute Gasteiger partial charge is 0.126 e. The van der Waals surface area contributed by atoms with Gasteiger partial charge < -0.3 is 4.55 Å². The van der Waals surface area contributed by atoms with Crippen molar-refractivity contribution in [3.63, 3.8) is 0 Å². The number of hydrogen-bond donors (Lipinski definition) is 0. The van der Waals surface area contributed by atoms with Gasteiger partial charge in [0.05, 0.1) is 6.04 Å². The first-order chi connectivity index (χ1) is 15.3. The van der Waals surface area contributed by atoms with Crippen LogP contribution in [0.1, 0.15) is 22.7 Å². The van der Waals surface area contributed by atoms with Crippen molar-refractivity contribution in [2.75, 3.05) is 13.1 Å². The summed E-state index contributed by atoms with van der Waals surface area (Å²) in [5.74, 6) is -1.48. The molecule has 0 bridgehead atoms. The van der Waals surface area contributed by atoms with Crippen molar-refractivity contribution in [3.05, 3.63) is 105 Å². The summed E-state index contributed by atoms with van der Waals surface area (Å²) in [7, 11) is 0. The topological polar surface area (TPSA) is 46.6 Å². The molecule has 0 saturated carbocycles. The molecule has 1 atom stereocenters. The van der Waals surface area contributed by atoms with E-state index in [0.717, 1.165) is 29.3 Å². The van der Waals surface area contributed by atoms with E-state index < -0.39 is 22.9 Å². The minimum Gasteiger partial charge on any atom is -0.760 e. The van der Waals surface area contributed by atoms with Crippen LogP contribution in [0.25, 0.3) is 0 Å². The zero-order chi connectivity index (χ0) is 22.8. The van der Waals surface area contributed by atoms with Gasteiger partial charge >= 0.3 is 0 Å². The van der Waals surface area contributed by atoms with Crippen LogP contribution in [0.5, 0.6) is 0 Å². The second kappa shape index (κ2) is 9.95.